The monoisotopic (exact) mass is 468 g/mol. The number of fused-ring (bicyclic) bond motifs is 1. The summed E-state index contributed by atoms with van der Waals surface area (Å²) in [5.74, 6) is -0.491. The summed E-state index contributed by atoms with van der Waals surface area (Å²) < 4.78 is 15.4. The Bertz CT molecular complexity index is 1160. The van der Waals surface area contributed by atoms with Gasteiger partial charge in [0.2, 0.25) is 11.8 Å². The molecule has 4 heterocycles. The van der Waals surface area contributed by atoms with E-state index in [1.54, 1.807) is 16.8 Å². The van der Waals surface area contributed by atoms with E-state index in [0.717, 1.165) is 49.4 Å². The fourth-order valence-electron chi connectivity index (χ4n) is 3.93. The van der Waals surface area contributed by atoms with Gasteiger partial charge in [-0.2, -0.15) is 0 Å². The largest absolute Gasteiger partial charge is 0.322 e. The molecule has 1 aliphatic heterocycles. The number of aromatic nitrogens is 3. The van der Waals surface area contributed by atoms with E-state index in [1.807, 2.05) is 31.7 Å². The van der Waals surface area contributed by atoms with Crippen molar-refractivity contribution in [3.8, 4) is 0 Å². The van der Waals surface area contributed by atoms with E-state index < -0.39 is 5.82 Å². The molecule has 182 valence electrons. The Morgan fingerprint density at radius 1 is 1.24 bits per heavy atom. The van der Waals surface area contributed by atoms with Crippen molar-refractivity contribution in [3.63, 3.8) is 0 Å². The van der Waals surface area contributed by atoms with Gasteiger partial charge in [-0.1, -0.05) is 20.3 Å². The second-order valence-corrected chi connectivity index (χ2v) is 8.35. The van der Waals surface area contributed by atoms with Crippen LogP contribution in [-0.2, 0) is 16.0 Å². The fraction of sp³-hybridized carbons (Fsp3) is 0.440. The van der Waals surface area contributed by atoms with E-state index in [0.29, 0.717) is 18.6 Å². The van der Waals surface area contributed by atoms with Gasteiger partial charge in [0.05, 0.1) is 23.6 Å². The molecule has 34 heavy (non-hydrogen) atoms. The van der Waals surface area contributed by atoms with Crippen LogP contribution in [0.5, 0.6) is 0 Å². The summed E-state index contributed by atoms with van der Waals surface area (Å²) in [5, 5.41) is 5.64. The first-order valence-corrected chi connectivity index (χ1v) is 11.7. The molecule has 0 radical (unpaired) electrons. The van der Waals surface area contributed by atoms with E-state index >= 15 is 0 Å². The van der Waals surface area contributed by atoms with Crippen LogP contribution in [0.15, 0.2) is 30.7 Å². The number of rotatable bonds is 6. The maximum atomic E-state index is 13.7. The number of carbonyl (C=O) groups excluding carboxylic acids is 2. The van der Waals surface area contributed by atoms with Gasteiger partial charge in [0, 0.05) is 49.9 Å². The Labute approximate surface area is 199 Å². The number of piperazine rings is 1. The smallest absolute Gasteiger partial charge is 0.240 e. The topological polar surface area (TPSA) is 91.6 Å². The molecule has 2 amide bonds. The standard InChI is InChI=1S/C13H19N3O.C12H14FN3O/c1-3-4-11-10(2)15-6-5-12(11)16-8-7-14-9-13(16)17;1-3-4-12(17)15-10-7-16-6-8(2)14-11(16)5-9(10)13/h5-6,14H,3-4,7-9H2,1-2H3;5-7H,3-4H2,1-2H3,(H,15,17). The summed E-state index contributed by atoms with van der Waals surface area (Å²) in [4.78, 5) is 33.7. The molecule has 3 aromatic rings. The maximum absolute atomic E-state index is 13.7. The molecule has 1 aliphatic rings. The third-order valence-electron chi connectivity index (χ3n) is 5.54. The predicted octanol–water partition coefficient (Wildman–Crippen LogP) is 3.80. The Morgan fingerprint density at radius 2 is 2.03 bits per heavy atom. The van der Waals surface area contributed by atoms with Crippen molar-refractivity contribution in [1.29, 1.82) is 0 Å². The number of halogens is 1. The highest BCUT2D eigenvalue weighted by atomic mass is 19.1. The molecule has 4 rings (SSSR count). The lowest BCUT2D eigenvalue weighted by Crippen LogP contribution is -2.48. The highest BCUT2D eigenvalue weighted by Crippen LogP contribution is 2.24. The number of hydrogen-bond donors (Lipinski definition) is 2. The minimum Gasteiger partial charge on any atom is -0.322 e. The van der Waals surface area contributed by atoms with Crippen LogP contribution in [0.1, 0.15) is 50.1 Å². The summed E-state index contributed by atoms with van der Waals surface area (Å²) in [6.45, 7) is 9.94. The van der Waals surface area contributed by atoms with Crippen LogP contribution in [0.25, 0.3) is 5.65 Å². The molecule has 0 unspecified atom stereocenters. The molecule has 0 atom stereocenters. The summed E-state index contributed by atoms with van der Waals surface area (Å²) in [7, 11) is 0. The Morgan fingerprint density at radius 3 is 2.74 bits per heavy atom. The second kappa shape index (κ2) is 11.7. The summed E-state index contributed by atoms with van der Waals surface area (Å²) in [6.07, 6.45) is 8.29. The first-order chi connectivity index (χ1) is 16.3. The fourth-order valence-corrected chi connectivity index (χ4v) is 3.93. The maximum Gasteiger partial charge on any atom is 0.240 e. The van der Waals surface area contributed by atoms with Crippen molar-refractivity contribution in [3.05, 3.63) is 53.5 Å². The lowest BCUT2D eigenvalue weighted by Gasteiger charge is -2.29. The molecule has 0 aromatic carbocycles. The first-order valence-electron chi connectivity index (χ1n) is 11.7. The van der Waals surface area contributed by atoms with Crippen LogP contribution >= 0.6 is 0 Å². The van der Waals surface area contributed by atoms with Crippen molar-refractivity contribution >= 4 is 28.8 Å². The second-order valence-electron chi connectivity index (χ2n) is 8.35. The van der Waals surface area contributed by atoms with E-state index in [1.165, 1.54) is 17.8 Å². The van der Waals surface area contributed by atoms with Crippen LogP contribution < -0.4 is 15.5 Å². The number of anilines is 2. The molecule has 0 saturated carbocycles. The number of aryl methyl sites for hydroxylation is 2. The molecule has 1 saturated heterocycles. The zero-order chi connectivity index (χ0) is 24.7. The van der Waals surface area contributed by atoms with Crippen molar-refractivity contribution in [2.75, 3.05) is 29.9 Å². The van der Waals surface area contributed by atoms with Gasteiger partial charge in [-0.25, -0.2) is 9.37 Å². The molecular weight excluding hydrogens is 435 g/mol. The normalized spacial score (nSPS) is 13.6. The lowest BCUT2D eigenvalue weighted by molar-refractivity contribution is -0.118. The number of hydrogen-bond acceptors (Lipinski definition) is 5. The van der Waals surface area contributed by atoms with Gasteiger partial charge in [0.1, 0.15) is 5.65 Å². The molecule has 0 bridgehead atoms. The third kappa shape index (κ3) is 6.17. The van der Waals surface area contributed by atoms with Gasteiger partial charge in [0.15, 0.2) is 5.82 Å². The van der Waals surface area contributed by atoms with E-state index in [-0.39, 0.29) is 17.5 Å². The van der Waals surface area contributed by atoms with E-state index in [4.69, 9.17) is 0 Å². The van der Waals surface area contributed by atoms with Crippen LogP contribution in [-0.4, -0.2) is 45.8 Å². The minimum atomic E-state index is -0.465. The van der Waals surface area contributed by atoms with Crippen molar-refractivity contribution in [2.24, 2.45) is 0 Å². The van der Waals surface area contributed by atoms with Gasteiger partial charge in [-0.15, -0.1) is 0 Å². The minimum absolute atomic E-state index is 0.152. The third-order valence-corrected chi connectivity index (χ3v) is 5.54. The van der Waals surface area contributed by atoms with Crippen LogP contribution in [0.2, 0.25) is 0 Å². The molecule has 2 N–H and O–H groups in total. The van der Waals surface area contributed by atoms with Crippen LogP contribution in [0, 0.1) is 19.7 Å². The molecule has 9 heteroatoms. The van der Waals surface area contributed by atoms with Crippen LogP contribution in [0.3, 0.4) is 0 Å². The summed E-state index contributed by atoms with van der Waals surface area (Å²) in [5.41, 5.74) is 4.83. The predicted molar refractivity (Wildman–Crippen MR) is 132 cm³/mol. The number of amides is 2. The highest BCUT2D eigenvalue weighted by molar-refractivity contribution is 5.96. The number of nitrogens with one attached hydrogen (secondary N) is 2. The molecular formula is C25H33FN6O2. The first kappa shape index (κ1) is 25.3. The van der Waals surface area contributed by atoms with E-state index in [9.17, 15) is 14.0 Å². The summed E-state index contributed by atoms with van der Waals surface area (Å²) in [6, 6.07) is 3.27. The van der Waals surface area contributed by atoms with Gasteiger partial charge in [-0.3, -0.25) is 14.6 Å². The highest BCUT2D eigenvalue weighted by Gasteiger charge is 2.22. The average molecular weight is 469 g/mol. The van der Waals surface area contributed by atoms with Gasteiger partial charge in [-0.05, 0) is 38.3 Å². The SMILES string of the molecule is CCCC(=O)Nc1cn2cc(C)nc2cc1F.CCCc1c(N2CCNCC2=O)ccnc1C. The molecule has 1 fully saturated rings. The number of imidazole rings is 1. The number of nitrogens with zero attached hydrogens (tertiary/aromatic N) is 4. The Kier molecular flexibility index (Phi) is 8.70. The molecule has 0 aliphatic carbocycles. The quantitative estimate of drug-likeness (QED) is 0.574. The molecule has 0 spiro atoms. The zero-order valence-electron chi connectivity index (χ0n) is 20.3. The van der Waals surface area contributed by atoms with Crippen molar-refractivity contribution in [1.82, 2.24) is 19.7 Å². The Hall–Kier alpha value is -3.33. The number of pyridine rings is 2. The van der Waals surface area contributed by atoms with Gasteiger partial charge < -0.3 is 19.9 Å². The number of carbonyl (C=O) groups is 2. The lowest BCUT2D eigenvalue weighted by atomic mass is 10.1. The van der Waals surface area contributed by atoms with Crippen molar-refractivity contribution < 1.29 is 14.0 Å². The molecule has 8 nitrogen and oxygen atoms in total. The average Bonchev–Trinajstić information content (AvgIpc) is 3.15. The van der Waals surface area contributed by atoms with Crippen molar-refractivity contribution in [2.45, 2.75) is 53.4 Å². The Balaban J connectivity index is 0.000000191. The summed E-state index contributed by atoms with van der Waals surface area (Å²) >= 11 is 0. The molecule has 3 aromatic heterocycles. The van der Waals surface area contributed by atoms with Crippen LogP contribution in [0.4, 0.5) is 15.8 Å². The van der Waals surface area contributed by atoms with Gasteiger partial charge in [0.25, 0.3) is 0 Å². The zero-order valence-corrected chi connectivity index (χ0v) is 20.3. The van der Waals surface area contributed by atoms with Gasteiger partial charge >= 0.3 is 0 Å². The van der Waals surface area contributed by atoms with E-state index in [2.05, 4.69) is 27.5 Å².